The van der Waals surface area contributed by atoms with Gasteiger partial charge in [-0.05, 0) is 48.5 Å². The Hall–Kier alpha value is -5.43. The van der Waals surface area contributed by atoms with E-state index < -0.39 is 41.4 Å². The molecular weight excluding hydrogens is 739 g/mol. The zero-order chi connectivity index (χ0) is 40.0. The predicted molar refractivity (Wildman–Crippen MR) is 194 cm³/mol. The number of oxazole rings is 5. The van der Waals surface area contributed by atoms with Gasteiger partial charge in [0, 0.05) is 10.5 Å². The molecular formula is C36H43N7O11S. The quantitative estimate of drug-likeness (QED) is 0.140. The van der Waals surface area contributed by atoms with Crippen molar-refractivity contribution in [1.29, 1.82) is 0 Å². The number of nitrogens with zero attached hydrogens (tertiary/aromatic N) is 6. The topological polar surface area (TPSA) is 224 Å². The van der Waals surface area contributed by atoms with E-state index in [1.165, 1.54) is 30.8 Å². The summed E-state index contributed by atoms with van der Waals surface area (Å²) in [7, 11) is 1.24. The molecule has 0 radical (unpaired) electrons. The molecule has 6 heterocycles. The summed E-state index contributed by atoms with van der Waals surface area (Å²) >= 11 is 1.59. The SMILES string of the molecule is COC(=O)c1coc(-c2nc(-c3nc([C@H](CSC(C)(C)C)NC(=O)c4coc(-c5coc([C@@H]6COC(C)(C)N6C(=O)OC(C)(C)C)n5)n4)oc3C)oc2C)n1. The van der Waals surface area contributed by atoms with E-state index in [9.17, 15) is 14.4 Å². The van der Waals surface area contributed by atoms with E-state index in [1.54, 1.807) is 60.2 Å². The van der Waals surface area contributed by atoms with E-state index in [0.29, 0.717) is 23.0 Å². The maximum Gasteiger partial charge on any atom is 0.413 e. The molecule has 55 heavy (non-hydrogen) atoms. The first-order valence-corrected chi connectivity index (χ1v) is 18.2. The third-order valence-electron chi connectivity index (χ3n) is 8.04. The van der Waals surface area contributed by atoms with Crippen LogP contribution in [-0.4, -0.2) is 83.3 Å². The van der Waals surface area contributed by atoms with Crippen LogP contribution in [0, 0.1) is 13.8 Å². The summed E-state index contributed by atoms with van der Waals surface area (Å²) in [4.78, 5) is 62.3. The Bertz CT molecular complexity index is 2200. The number of ether oxygens (including phenoxy) is 3. The monoisotopic (exact) mass is 781 g/mol. The highest BCUT2D eigenvalue weighted by Gasteiger charge is 2.48. The first-order chi connectivity index (χ1) is 25.7. The molecule has 5 aromatic heterocycles. The Morgan fingerprint density at radius 1 is 0.891 bits per heavy atom. The second-order valence-electron chi connectivity index (χ2n) is 15.1. The Kier molecular flexibility index (Phi) is 10.5. The second-order valence-corrected chi connectivity index (χ2v) is 16.9. The molecule has 0 aromatic carbocycles. The van der Waals surface area contributed by atoms with Crippen LogP contribution in [0.15, 0.2) is 40.9 Å². The smallest absolute Gasteiger partial charge is 0.413 e. The van der Waals surface area contributed by atoms with Crippen LogP contribution in [0.2, 0.25) is 0 Å². The van der Waals surface area contributed by atoms with Gasteiger partial charge in [0.05, 0.1) is 13.7 Å². The van der Waals surface area contributed by atoms with E-state index in [2.05, 4.69) is 51.0 Å². The van der Waals surface area contributed by atoms with Gasteiger partial charge in [0.2, 0.25) is 29.5 Å². The molecule has 18 nitrogen and oxygen atoms in total. The third-order valence-corrected chi connectivity index (χ3v) is 9.41. The molecule has 1 aliphatic heterocycles. The molecule has 0 unspecified atom stereocenters. The number of rotatable bonds is 10. The molecule has 0 saturated carbocycles. The summed E-state index contributed by atoms with van der Waals surface area (Å²) in [5, 5.41) is 2.96. The standard InChI is InChI=1S/C36H43N7O11S/c1-17-24(30-40-21(14-50-30)32(45)47-11)42-31(53-17)25-18(2)52-28(41-25)22(16-55-35(6,7)8)37-26(44)19-12-48-27(38-19)20-13-49-29(39-20)23-15-51-36(9,10)43(23)33(46)54-34(3,4)5/h12-14,22-23H,15-16H2,1-11H3,(H,37,44)/t22-,23-/m0/s1. The Morgan fingerprint density at radius 3 is 2.24 bits per heavy atom. The predicted octanol–water partition coefficient (Wildman–Crippen LogP) is 7.08. The van der Waals surface area contributed by atoms with Crippen LogP contribution in [0.1, 0.15) is 112 Å². The zero-order valence-corrected chi connectivity index (χ0v) is 33.2. The number of amides is 2. The molecule has 1 saturated heterocycles. The molecule has 1 N–H and O–H groups in total. The number of aryl methyl sites for hydroxylation is 2. The minimum atomic E-state index is -0.981. The fourth-order valence-electron chi connectivity index (χ4n) is 5.46. The summed E-state index contributed by atoms with van der Waals surface area (Å²) in [6, 6.07) is -1.39. The zero-order valence-electron chi connectivity index (χ0n) is 32.4. The lowest BCUT2D eigenvalue weighted by molar-refractivity contribution is -0.0634. The van der Waals surface area contributed by atoms with E-state index in [1.807, 2.05) is 0 Å². The Labute approximate surface area is 320 Å². The van der Waals surface area contributed by atoms with E-state index in [0.717, 1.165) is 0 Å². The van der Waals surface area contributed by atoms with Crippen molar-refractivity contribution in [1.82, 2.24) is 35.1 Å². The summed E-state index contributed by atoms with van der Waals surface area (Å²) in [6.07, 6.45) is 3.13. The minimum absolute atomic E-state index is 0.0174. The molecule has 6 rings (SSSR count). The molecule has 0 aliphatic carbocycles. The van der Waals surface area contributed by atoms with Crippen LogP contribution in [0.5, 0.6) is 0 Å². The number of carbonyl (C=O) groups excluding carboxylic acids is 3. The number of thioether (sulfide) groups is 1. The van der Waals surface area contributed by atoms with Crippen LogP contribution in [0.25, 0.3) is 34.8 Å². The van der Waals surface area contributed by atoms with Crippen LogP contribution in [0.4, 0.5) is 4.79 Å². The summed E-state index contributed by atoms with van der Waals surface area (Å²) < 4.78 is 44.9. The summed E-state index contributed by atoms with van der Waals surface area (Å²) in [6.45, 7) is 18.5. The number of hydrogen-bond donors (Lipinski definition) is 1. The van der Waals surface area contributed by atoms with Crippen molar-refractivity contribution < 1.29 is 50.7 Å². The minimum Gasteiger partial charge on any atom is -0.464 e. The lowest BCUT2D eigenvalue weighted by Crippen LogP contribution is -2.47. The highest BCUT2D eigenvalue weighted by molar-refractivity contribution is 8.00. The van der Waals surface area contributed by atoms with Gasteiger partial charge < -0.3 is 41.6 Å². The van der Waals surface area contributed by atoms with Crippen LogP contribution in [-0.2, 0) is 14.2 Å². The van der Waals surface area contributed by atoms with Crippen molar-refractivity contribution >= 4 is 29.7 Å². The van der Waals surface area contributed by atoms with Crippen LogP contribution >= 0.6 is 11.8 Å². The van der Waals surface area contributed by atoms with E-state index in [-0.39, 0.29) is 63.6 Å². The molecule has 5 aromatic rings. The molecule has 19 heteroatoms. The maximum atomic E-state index is 13.6. The summed E-state index contributed by atoms with van der Waals surface area (Å²) in [5.41, 5.74) is -0.975. The van der Waals surface area contributed by atoms with Crippen molar-refractivity contribution in [3.63, 3.8) is 0 Å². The largest absolute Gasteiger partial charge is 0.464 e. The number of methoxy groups -OCH3 is 1. The van der Waals surface area contributed by atoms with Crippen molar-refractivity contribution in [3.8, 4) is 34.8 Å². The maximum absolute atomic E-state index is 13.6. The molecule has 0 spiro atoms. The lowest BCUT2D eigenvalue weighted by atomic mass is 10.2. The van der Waals surface area contributed by atoms with Gasteiger partial charge in [0.25, 0.3) is 5.91 Å². The molecule has 2 atom stereocenters. The number of hydrogen-bond acceptors (Lipinski definition) is 17. The van der Waals surface area contributed by atoms with Gasteiger partial charge >= 0.3 is 12.1 Å². The average Bonchev–Trinajstić information content (AvgIpc) is 3.93. The van der Waals surface area contributed by atoms with Crippen molar-refractivity contribution in [2.24, 2.45) is 0 Å². The van der Waals surface area contributed by atoms with Crippen LogP contribution < -0.4 is 5.32 Å². The van der Waals surface area contributed by atoms with Gasteiger partial charge in [-0.3, -0.25) is 9.69 Å². The van der Waals surface area contributed by atoms with Gasteiger partial charge in [-0.15, -0.1) is 0 Å². The van der Waals surface area contributed by atoms with Gasteiger partial charge in [-0.1, -0.05) is 20.8 Å². The lowest BCUT2D eigenvalue weighted by Gasteiger charge is -2.34. The van der Waals surface area contributed by atoms with Crippen molar-refractivity contribution in [3.05, 3.63) is 53.5 Å². The number of nitrogens with one attached hydrogen (secondary N) is 1. The van der Waals surface area contributed by atoms with E-state index >= 15 is 0 Å². The molecule has 2 amide bonds. The summed E-state index contributed by atoms with van der Waals surface area (Å²) in [5.74, 6) is 0.539. The van der Waals surface area contributed by atoms with Gasteiger partial charge in [-0.2, -0.15) is 11.8 Å². The normalized spacial score (nSPS) is 16.3. The van der Waals surface area contributed by atoms with E-state index in [4.69, 9.17) is 36.3 Å². The first kappa shape index (κ1) is 39.3. The Morgan fingerprint density at radius 2 is 1.55 bits per heavy atom. The fourth-order valence-corrected chi connectivity index (χ4v) is 6.35. The van der Waals surface area contributed by atoms with Gasteiger partial charge in [-0.25, -0.2) is 34.5 Å². The first-order valence-electron chi connectivity index (χ1n) is 17.2. The second kappa shape index (κ2) is 14.7. The highest BCUT2D eigenvalue weighted by Crippen LogP contribution is 2.39. The molecule has 1 aliphatic rings. The van der Waals surface area contributed by atoms with Crippen molar-refractivity contribution in [2.45, 2.75) is 97.4 Å². The fraction of sp³-hybridized carbons (Fsp3) is 0.500. The van der Waals surface area contributed by atoms with Gasteiger partial charge in [0.1, 0.15) is 53.7 Å². The molecule has 1 fully saturated rings. The highest BCUT2D eigenvalue weighted by atomic mass is 32.2. The number of esters is 1. The third kappa shape index (κ3) is 8.62. The Balaban J connectivity index is 1.21. The van der Waals surface area contributed by atoms with Crippen molar-refractivity contribution in [2.75, 3.05) is 19.5 Å². The van der Waals surface area contributed by atoms with Gasteiger partial charge in [0.15, 0.2) is 28.5 Å². The average molecular weight is 782 g/mol. The number of carbonyl (C=O) groups is 3. The van der Waals surface area contributed by atoms with Crippen LogP contribution in [0.3, 0.4) is 0 Å². The molecule has 0 bridgehead atoms. The molecule has 294 valence electrons. The number of aromatic nitrogens is 5.